The molecule has 1 aliphatic rings. The van der Waals surface area contributed by atoms with Gasteiger partial charge in [0, 0.05) is 9.35 Å². The standard InChI is InChI=1S/C13H11Br2NOS2/c14-8-6-11(19-12(8)15)13(17)16-9-2-1-3-10-7(9)4-5-18-10/h4-6,9H,1-3H2,(H,16,17). The lowest BCUT2D eigenvalue weighted by Gasteiger charge is -2.23. The Morgan fingerprint density at radius 1 is 1.42 bits per heavy atom. The second-order valence-electron chi connectivity index (χ2n) is 4.45. The van der Waals surface area contributed by atoms with Crippen LogP contribution in [-0.2, 0) is 6.42 Å². The molecule has 1 amide bonds. The number of fused-ring (bicyclic) bond motifs is 1. The summed E-state index contributed by atoms with van der Waals surface area (Å²) in [7, 11) is 0. The summed E-state index contributed by atoms with van der Waals surface area (Å²) in [5.41, 5.74) is 1.30. The first kappa shape index (κ1) is 13.8. The smallest absolute Gasteiger partial charge is 0.261 e. The van der Waals surface area contributed by atoms with Gasteiger partial charge in [0.05, 0.1) is 14.7 Å². The fraction of sp³-hybridized carbons (Fsp3) is 0.308. The molecule has 0 aromatic carbocycles. The number of carbonyl (C=O) groups excluding carboxylic acids is 1. The summed E-state index contributed by atoms with van der Waals surface area (Å²) in [5, 5.41) is 5.27. The van der Waals surface area contributed by atoms with Crippen LogP contribution in [0.1, 0.15) is 39.0 Å². The molecule has 0 bridgehead atoms. The first-order valence-electron chi connectivity index (χ1n) is 5.97. The van der Waals surface area contributed by atoms with Gasteiger partial charge in [0.15, 0.2) is 0 Å². The Hall–Kier alpha value is -0.170. The highest BCUT2D eigenvalue weighted by molar-refractivity contribution is 9.13. The van der Waals surface area contributed by atoms with E-state index < -0.39 is 0 Å². The molecular formula is C13H11Br2NOS2. The number of rotatable bonds is 2. The minimum absolute atomic E-state index is 0.0143. The summed E-state index contributed by atoms with van der Waals surface area (Å²) in [4.78, 5) is 14.4. The number of hydrogen-bond donors (Lipinski definition) is 1. The van der Waals surface area contributed by atoms with Crippen molar-refractivity contribution in [3.63, 3.8) is 0 Å². The molecule has 0 aliphatic heterocycles. The number of hydrogen-bond acceptors (Lipinski definition) is 3. The lowest BCUT2D eigenvalue weighted by atomic mass is 9.94. The zero-order valence-electron chi connectivity index (χ0n) is 9.91. The Morgan fingerprint density at radius 3 is 3.00 bits per heavy atom. The number of thiophene rings is 2. The van der Waals surface area contributed by atoms with E-state index in [-0.39, 0.29) is 11.9 Å². The van der Waals surface area contributed by atoms with E-state index in [0.717, 1.165) is 32.4 Å². The van der Waals surface area contributed by atoms with Crippen LogP contribution in [0.5, 0.6) is 0 Å². The third-order valence-electron chi connectivity index (χ3n) is 3.23. The van der Waals surface area contributed by atoms with Crippen molar-refractivity contribution in [1.82, 2.24) is 5.32 Å². The Morgan fingerprint density at radius 2 is 2.26 bits per heavy atom. The minimum Gasteiger partial charge on any atom is -0.344 e. The van der Waals surface area contributed by atoms with E-state index in [1.165, 1.54) is 21.8 Å². The molecule has 2 aromatic rings. The van der Waals surface area contributed by atoms with E-state index in [1.54, 1.807) is 11.3 Å². The molecule has 3 rings (SSSR count). The van der Waals surface area contributed by atoms with Crippen LogP contribution in [0, 0.1) is 0 Å². The zero-order valence-corrected chi connectivity index (χ0v) is 14.7. The lowest BCUT2D eigenvalue weighted by Crippen LogP contribution is -2.29. The van der Waals surface area contributed by atoms with E-state index in [1.807, 2.05) is 6.07 Å². The molecule has 1 N–H and O–H groups in total. The SMILES string of the molecule is O=C(NC1CCCc2sccc21)c1cc(Br)c(Br)s1. The normalized spacial score (nSPS) is 18.1. The van der Waals surface area contributed by atoms with Gasteiger partial charge in [-0.2, -0.15) is 0 Å². The van der Waals surface area contributed by atoms with Gasteiger partial charge in [0.25, 0.3) is 5.91 Å². The highest BCUT2D eigenvalue weighted by atomic mass is 79.9. The van der Waals surface area contributed by atoms with Gasteiger partial charge in [0.1, 0.15) is 0 Å². The summed E-state index contributed by atoms with van der Waals surface area (Å²) >= 11 is 10.1. The molecule has 19 heavy (non-hydrogen) atoms. The first-order chi connectivity index (χ1) is 9.15. The summed E-state index contributed by atoms with van der Waals surface area (Å²) in [6.45, 7) is 0. The Labute approximate surface area is 136 Å². The summed E-state index contributed by atoms with van der Waals surface area (Å²) in [5.74, 6) is 0.0143. The van der Waals surface area contributed by atoms with Crippen molar-refractivity contribution in [2.45, 2.75) is 25.3 Å². The van der Waals surface area contributed by atoms with Crippen LogP contribution in [0.15, 0.2) is 25.8 Å². The molecule has 0 saturated carbocycles. The van der Waals surface area contributed by atoms with Gasteiger partial charge >= 0.3 is 0 Å². The average Bonchev–Trinajstić information content (AvgIpc) is 2.98. The molecule has 100 valence electrons. The van der Waals surface area contributed by atoms with Crippen molar-refractivity contribution >= 4 is 60.4 Å². The Balaban J connectivity index is 1.78. The van der Waals surface area contributed by atoms with Crippen LogP contribution in [0.25, 0.3) is 0 Å². The van der Waals surface area contributed by atoms with Crippen LogP contribution in [0.3, 0.4) is 0 Å². The number of carbonyl (C=O) groups is 1. The van der Waals surface area contributed by atoms with E-state index in [4.69, 9.17) is 0 Å². The van der Waals surface area contributed by atoms with Gasteiger partial charge in [-0.25, -0.2) is 0 Å². The van der Waals surface area contributed by atoms with Crippen LogP contribution in [-0.4, -0.2) is 5.91 Å². The molecular weight excluding hydrogens is 410 g/mol. The van der Waals surface area contributed by atoms with Crippen LogP contribution >= 0.6 is 54.5 Å². The molecule has 0 fully saturated rings. The van der Waals surface area contributed by atoms with Crippen molar-refractivity contribution in [2.24, 2.45) is 0 Å². The summed E-state index contributed by atoms with van der Waals surface area (Å²) in [6.07, 6.45) is 3.33. The third kappa shape index (κ3) is 2.82. The maximum absolute atomic E-state index is 12.3. The fourth-order valence-electron chi connectivity index (χ4n) is 2.32. The van der Waals surface area contributed by atoms with Gasteiger partial charge in [-0.15, -0.1) is 22.7 Å². The van der Waals surface area contributed by atoms with Gasteiger partial charge in [-0.3, -0.25) is 4.79 Å². The molecule has 0 saturated heterocycles. The van der Waals surface area contributed by atoms with E-state index in [2.05, 4.69) is 48.6 Å². The minimum atomic E-state index is 0.0143. The van der Waals surface area contributed by atoms with Gasteiger partial charge < -0.3 is 5.32 Å². The number of nitrogens with one attached hydrogen (secondary N) is 1. The van der Waals surface area contributed by atoms with Crippen LogP contribution in [0.2, 0.25) is 0 Å². The first-order valence-corrected chi connectivity index (χ1v) is 9.25. The Bertz CT molecular complexity index is 600. The second-order valence-corrected chi connectivity index (χ2v) is 8.67. The summed E-state index contributed by atoms with van der Waals surface area (Å²) < 4.78 is 1.89. The van der Waals surface area contributed by atoms with E-state index in [0.29, 0.717) is 0 Å². The maximum Gasteiger partial charge on any atom is 0.261 e. The van der Waals surface area contributed by atoms with Crippen molar-refractivity contribution in [2.75, 3.05) is 0 Å². The average molecular weight is 421 g/mol. The maximum atomic E-state index is 12.3. The molecule has 1 aliphatic carbocycles. The van der Waals surface area contributed by atoms with Crippen molar-refractivity contribution in [3.8, 4) is 0 Å². The molecule has 2 aromatic heterocycles. The number of amides is 1. The van der Waals surface area contributed by atoms with Crippen molar-refractivity contribution < 1.29 is 4.79 Å². The number of halogens is 2. The van der Waals surface area contributed by atoms with Gasteiger partial charge in [-0.05, 0) is 74.2 Å². The van der Waals surface area contributed by atoms with Gasteiger partial charge in [0.2, 0.25) is 0 Å². The Kier molecular flexibility index (Phi) is 4.12. The van der Waals surface area contributed by atoms with Crippen molar-refractivity contribution in [1.29, 1.82) is 0 Å². The summed E-state index contributed by atoms with van der Waals surface area (Å²) in [6, 6.07) is 4.17. The molecule has 1 atom stereocenters. The molecule has 0 radical (unpaired) electrons. The highest BCUT2D eigenvalue weighted by Gasteiger charge is 2.23. The highest BCUT2D eigenvalue weighted by Crippen LogP contribution is 2.35. The quantitative estimate of drug-likeness (QED) is 0.715. The predicted molar refractivity (Wildman–Crippen MR) is 87.2 cm³/mol. The van der Waals surface area contributed by atoms with Crippen LogP contribution in [0.4, 0.5) is 0 Å². The molecule has 2 heterocycles. The van der Waals surface area contributed by atoms with E-state index >= 15 is 0 Å². The molecule has 1 unspecified atom stereocenters. The topological polar surface area (TPSA) is 29.1 Å². The van der Waals surface area contributed by atoms with Crippen LogP contribution < -0.4 is 5.32 Å². The monoisotopic (exact) mass is 419 g/mol. The third-order valence-corrected chi connectivity index (χ3v) is 7.48. The predicted octanol–water partition coefficient (Wildman–Crippen LogP) is 5.14. The lowest BCUT2D eigenvalue weighted by molar-refractivity contribution is 0.0937. The molecule has 2 nitrogen and oxygen atoms in total. The fourth-order valence-corrected chi connectivity index (χ4v) is 5.25. The largest absolute Gasteiger partial charge is 0.344 e. The number of aryl methyl sites for hydroxylation is 1. The zero-order chi connectivity index (χ0) is 13.4. The van der Waals surface area contributed by atoms with E-state index in [9.17, 15) is 4.79 Å². The van der Waals surface area contributed by atoms with Crippen molar-refractivity contribution in [3.05, 3.63) is 41.1 Å². The second kappa shape index (κ2) is 5.68. The van der Waals surface area contributed by atoms with Gasteiger partial charge in [-0.1, -0.05) is 0 Å². The molecule has 6 heteroatoms. The molecule has 0 spiro atoms.